The highest BCUT2D eigenvalue weighted by Gasteiger charge is 2.38. The highest BCUT2D eigenvalue weighted by atomic mass is 19.4. The lowest BCUT2D eigenvalue weighted by molar-refractivity contribution is -0.388. The van der Waals surface area contributed by atoms with Gasteiger partial charge in [-0.1, -0.05) is 0 Å². The molecule has 1 aliphatic heterocycles. The number of fused-ring (bicyclic) bond motifs is 1. The van der Waals surface area contributed by atoms with Crippen LogP contribution in [0.3, 0.4) is 0 Å². The zero-order chi connectivity index (χ0) is 32.4. The van der Waals surface area contributed by atoms with Gasteiger partial charge in [-0.05, 0) is 62.1 Å². The van der Waals surface area contributed by atoms with Crippen LogP contribution in [0.25, 0.3) is 11.0 Å². The Balaban J connectivity index is 1.01. The monoisotopic (exact) mass is 642 g/mol. The van der Waals surface area contributed by atoms with E-state index >= 15 is 0 Å². The Morgan fingerprint density at radius 2 is 1.67 bits per heavy atom. The maximum absolute atomic E-state index is 13.3. The van der Waals surface area contributed by atoms with Crippen molar-refractivity contribution in [3.8, 4) is 0 Å². The third kappa shape index (κ3) is 8.25. The van der Waals surface area contributed by atoms with Crippen LogP contribution in [-0.2, 0) is 28.3 Å². The van der Waals surface area contributed by atoms with E-state index in [0.29, 0.717) is 81.6 Å². The van der Waals surface area contributed by atoms with Crippen molar-refractivity contribution in [2.24, 2.45) is 0 Å². The number of carbonyl (C=O) groups is 1. The molecule has 0 atom stereocenters. The Kier molecular flexibility index (Phi) is 9.58. The lowest BCUT2D eigenvalue weighted by Crippen LogP contribution is -2.50. The highest BCUT2D eigenvalue weighted by molar-refractivity contribution is 5.79. The summed E-state index contributed by atoms with van der Waals surface area (Å²) < 4.78 is 90.3. The van der Waals surface area contributed by atoms with E-state index in [2.05, 4.69) is 10.2 Å². The third-order valence-electron chi connectivity index (χ3n) is 8.28. The second-order valence-corrected chi connectivity index (χ2v) is 11.4. The smallest absolute Gasteiger partial charge is 0.423 e. The molecule has 2 aromatic carbocycles. The van der Waals surface area contributed by atoms with E-state index in [1.165, 1.54) is 12.1 Å². The fraction of sp³-hybridized carbons (Fsp3) is 0.500. The van der Waals surface area contributed by atoms with Crippen molar-refractivity contribution in [1.82, 2.24) is 9.80 Å². The summed E-state index contributed by atoms with van der Waals surface area (Å²) in [4.78, 5) is 26.6. The Bertz CT molecular complexity index is 1510. The van der Waals surface area contributed by atoms with Gasteiger partial charge in [-0.15, -0.1) is 0 Å². The van der Waals surface area contributed by atoms with Gasteiger partial charge in [0, 0.05) is 62.3 Å². The molecule has 0 bridgehead atoms. The maximum Gasteiger partial charge on any atom is 0.423 e. The van der Waals surface area contributed by atoms with E-state index in [1.807, 2.05) is 0 Å². The number of anilines is 1. The van der Waals surface area contributed by atoms with Gasteiger partial charge in [0.15, 0.2) is 0 Å². The van der Waals surface area contributed by atoms with Crippen LogP contribution in [-0.4, -0.2) is 72.1 Å². The summed E-state index contributed by atoms with van der Waals surface area (Å²) in [7, 11) is 0. The predicted octanol–water partition coefficient (Wildman–Crippen LogP) is 6.51. The minimum atomic E-state index is -4.85. The Morgan fingerprint density at radius 3 is 2.31 bits per heavy atom. The average molecular weight is 643 g/mol. The van der Waals surface area contributed by atoms with Crippen LogP contribution in [0.5, 0.6) is 0 Å². The molecule has 2 heterocycles. The van der Waals surface area contributed by atoms with Gasteiger partial charge in [0.2, 0.25) is 5.91 Å². The molecular weight excluding hydrogens is 610 g/mol. The molecule has 1 N–H and O–H groups in total. The van der Waals surface area contributed by atoms with Crippen molar-refractivity contribution in [3.63, 3.8) is 0 Å². The summed E-state index contributed by atoms with van der Waals surface area (Å²) in [5.74, 6) is 0.471. The first kappa shape index (κ1) is 32.5. The van der Waals surface area contributed by atoms with Gasteiger partial charge in [0.1, 0.15) is 23.5 Å². The normalized spacial score (nSPS) is 20.0. The molecule has 0 unspecified atom stereocenters. The first-order chi connectivity index (χ1) is 21.3. The average Bonchev–Trinajstić information content (AvgIpc) is 3.41. The van der Waals surface area contributed by atoms with Crippen molar-refractivity contribution >= 4 is 28.3 Å². The lowest BCUT2D eigenvalue weighted by atomic mass is 9.92. The summed E-state index contributed by atoms with van der Waals surface area (Å²) in [6.07, 6.45) is -6.48. The first-order valence-electron chi connectivity index (χ1n) is 14.6. The van der Waals surface area contributed by atoms with Gasteiger partial charge < -0.3 is 19.4 Å². The van der Waals surface area contributed by atoms with E-state index in [9.17, 15) is 41.3 Å². The highest BCUT2D eigenvalue weighted by Crippen LogP contribution is 2.38. The molecule has 1 amide bonds. The van der Waals surface area contributed by atoms with Crippen LogP contribution < -0.4 is 5.32 Å². The molecule has 1 saturated carbocycles. The number of piperazine rings is 1. The quantitative estimate of drug-likeness (QED) is 0.162. The van der Waals surface area contributed by atoms with Crippen LogP contribution in [0.1, 0.15) is 42.6 Å². The van der Waals surface area contributed by atoms with Crippen LogP contribution in [0.2, 0.25) is 0 Å². The summed E-state index contributed by atoms with van der Waals surface area (Å²) in [5, 5.41) is 14.4. The first-order valence-corrected chi connectivity index (χ1v) is 14.6. The number of nitro benzene ring substituents is 1. The lowest BCUT2D eigenvalue weighted by Gasteiger charge is -2.35. The number of furan rings is 1. The van der Waals surface area contributed by atoms with E-state index in [4.69, 9.17) is 9.15 Å². The van der Waals surface area contributed by atoms with E-state index in [1.54, 1.807) is 11.0 Å². The molecule has 0 spiro atoms. The molecule has 9 nitrogen and oxygen atoms in total. The Labute approximate surface area is 254 Å². The second-order valence-electron chi connectivity index (χ2n) is 11.4. The number of halogens is 6. The molecule has 2 aliphatic rings. The van der Waals surface area contributed by atoms with E-state index in [-0.39, 0.29) is 30.3 Å². The number of carbonyl (C=O) groups excluding carboxylic acids is 1. The molecule has 2 fully saturated rings. The minimum Gasteiger partial charge on any atom is -0.461 e. The predicted molar refractivity (Wildman–Crippen MR) is 152 cm³/mol. The number of benzene rings is 2. The summed E-state index contributed by atoms with van der Waals surface area (Å²) in [6.45, 7) is 2.88. The van der Waals surface area contributed by atoms with E-state index < -0.39 is 34.1 Å². The zero-order valence-electron chi connectivity index (χ0n) is 24.1. The van der Waals surface area contributed by atoms with E-state index in [0.717, 1.165) is 24.3 Å². The summed E-state index contributed by atoms with van der Waals surface area (Å²) in [5.41, 5.74) is -2.45. The maximum atomic E-state index is 13.3. The molecule has 1 saturated heterocycles. The molecule has 45 heavy (non-hydrogen) atoms. The molecule has 1 aromatic heterocycles. The number of ether oxygens (including phenoxy) is 1. The topological polar surface area (TPSA) is 101 Å². The second kappa shape index (κ2) is 13.3. The number of alkyl halides is 6. The van der Waals surface area contributed by atoms with Crippen molar-refractivity contribution < 1.29 is 45.2 Å². The Hall–Kier alpha value is -3.85. The van der Waals surface area contributed by atoms with Crippen molar-refractivity contribution in [2.75, 3.05) is 44.6 Å². The summed E-state index contributed by atoms with van der Waals surface area (Å²) >= 11 is 0. The standard InChI is InChI=1S/C30H32F6N4O5/c31-29(32,33)20-1-8-27-19(15-20)16-24(45-27)9-10-38-11-13-39(14-12-38)28(41)18-44-23-5-2-21(3-6-23)37-22-4-7-26(40(42)43)25(17-22)30(34,35)36/h1,4,7-8,15-17,21,23,37H,2-3,5-6,9-14,18H2. The van der Waals surface area contributed by atoms with Crippen LogP contribution in [0, 0.1) is 10.1 Å². The Morgan fingerprint density at radius 1 is 0.956 bits per heavy atom. The molecule has 0 radical (unpaired) electrons. The van der Waals surface area contributed by atoms with Crippen LogP contribution >= 0.6 is 0 Å². The van der Waals surface area contributed by atoms with Crippen molar-refractivity contribution in [1.29, 1.82) is 0 Å². The largest absolute Gasteiger partial charge is 0.461 e. The molecule has 5 rings (SSSR count). The number of nitrogens with zero attached hydrogens (tertiary/aromatic N) is 3. The molecule has 3 aromatic rings. The van der Waals surface area contributed by atoms with Gasteiger partial charge in [-0.2, -0.15) is 26.3 Å². The number of nitro groups is 1. The molecular formula is C30H32F6N4O5. The molecule has 244 valence electrons. The molecule has 15 heteroatoms. The van der Waals surface area contributed by atoms with Gasteiger partial charge in [0.05, 0.1) is 16.6 Å². The van der Waals surface area contributed by atoms with Crippen molar-refractivity contribution in [2.45, 2.75) is 56.6 Å². The van der Waals surface area contributed by atoms with Gasteiger partial charge in [-0.25, -0.2) is 0 Å². The van der Waals surface area contributed by atoms with Crippen LogP contribution in [0.4, 0.5) is 37.7 Å². The fourth-order valence-electron chi connectivity index (χ4n) is 5.79. The number of hydrogen-bond acceptors (Lipinski definition) is 7. The number of nitrogens with one attached hydrogen (secondary N) is 1. The zero-order valence-corrected chi connectivity index (χ0v) is 24.1. The van der Waals surface area contributed by atoms with Gasteiger partial charge in [-0.3, -0.25) is 19.8 Å². The number of hydrogen-bond donors (Lipinski definition) is 1. The van der Waals surface area contributed by atoms with Gasteiger partial charge in [0.25, 0.3) is 5.69 Å². The summed E-state index contributed by atoms with van der Waals surface area (Å²) in [6, 6.07) is 7.78. The fourth-order valence-corrected chi connectivity index (χ4v) is 5.79. The minimum absolute atomic E-state index is 0.0705. The third-order valence-corrected chi connectivity index (χ3v) is 8.28. The molecule has 1 aliphatic carbocycles. The number of rotatable bonds is 9. The van der Waals surface area contributed by atoms with Crippen molar-refractivity contribution in [3.05, 3.63) is 69.5 Å². The van der Waals surface area contributed by atoms with Crippen LogP contribution in [0.15, 0.2) is 46.9 Å². The van der Waals surface area contributed by atoms with Gasteiger partial charge >= 0.3 is 12.4 Å². The number of amides is 1. The SMILES string of the molecule is O=C(COC1CCC(Nc2ccc([N+](=O)[O-])c(C(F)(F)F)c2)CC1)N1CCN(CCc2cc3cc(C(F)(F)F)ccc3o2)CC1.